The minimum atomic E-state index is 0.783. The largest absolute Gasteiger partial charge is 0.316 e. The Hall–Kier alpha value is 0.310. The summed E-state index contributed by atoms with van der Waals surface area (Å²) in [6, 6.07) is 0. The van der Waals surface area contributed by atoms with Crippen molar-refractivity contribution in [1.29, 1.82) is 0 Å². The first-order valence-electron chi connectivity index (χ1n) is 6.19. The molecule has 2 aliphatic heterocycles. The van der Waals surface area contributed by atoms with Crippen molar-refractivity contribution in [3.63, 3.8) is 0 Å². The van der Waals surface area contributed by atoms with Crippen molar-refractivity contribution < 1.29 is 0 Å². The number of rotatable bonds is 1. The van der Waals surface area contributed by atoms with Gasteiger partial charge in [0.2, 0.25) is 0 Å². The lowest BCUT2D eigenvalue weighted by atomic mass is 9.86. The van der Waals surface area contributed by atoms with Crippen molar-refractivity contribution in [2.45, 2.75) is 32.1 Å². The van der Waals surface area contributed by atoms with Crippen LogP contribution in [0, 0.1) is 17.3 Å². The third kappa shape index (κ3) is 1.61. The number of hydrogen-bond acceptors (Lipinski definition) is 2. The van der Waals surface area contributed by atoms with E-state index in [1.807, 2.05) is 0 Å². The molecule has 3 rings (SSSR count). The molecule has 0 amide bonds. The highest BCUT2D eigenvalue weighted by molar-refractivity contribution is 7.99. The van der Waals surface area contributed by atoms with Crippen molar-refractivity contribution in [2.75, 3.05) is 24.6 Å². The van der Waals surface area contributed by atoms with E-state index in [9.17, 15) is 0 Å². The van der Waals surface area contributed by atoms with Crippen LogP contribution >= 0.6 is 11.8 Å². The van der Waals surface area contributed by atoms with E-state index in [0.717, 1.165) is 17.3 Å². The van der Waals surface area contributed by atoms with Crippen LogP contribution in [0.3, 0.4) is 0 Å². The zero-order valence-corrected chi connectivity index (χ0v) is 9.74. The summed E-state index contributed by atoms with van der Waals surface area (Å²) in [6.45, 7) is 2.61. The van der Waals surface area contributed by atoms with Gasteiger partial charge in [0.15, 0.2) is 0 Å². The van der Waals surface area contributed by atoms with E-state index in [1.54, 1.807) is 6.42 Å². The summed E-state index contributed by atoms with van der Waals surface area (Å²) >= 11 is 2.16. The minimum absolute atomic E-state index is 0.783. The molecule has 2 unspecified atom stereocenters. The molecule has 1 nitrogen and oxygen atoms in total. The fourth-order valence-corrected chi connectivity index (χ4v) is 4.79. The number of thioether (sulfide) groups is 1. The quantitative estimate of drug-likeness (QED) is 0.715. The van der Waals surface area contributed by atoms with Crippen LogP contribution in [0.25, 0.3) is 0 Å². The van der Waals surface area contributed by atoms with Crippen molar-refractivity contribution in [3.8, 4) is 0 Å². The molecule has 2 saturated heterocycles. The van der Waals surface area contributed by atoms with Gasteiger partial charge in [-0.1, -0.05) is 0 Å². The van der Waals surface area contributed by atoms with Gasteiger partial charge in [-0.25, -0.2) is 0 Å². The van der Waals surface area contributed by atoms with E-state index >= 15 is 0 Å². The molecule has 1 saturated carbocycles. The summed E-state index contributed by atoms with van der Waals surface area (Å²) in [7, 11) is 0. The van der Waals surface area contributed by atoms with Gasteiger partial charge < -0.3 is 5.32 Å². The van der Waals surface area contributed by atoms with Gasteiger partial charge in [-0.3, -0.25) is 0 Å². The molecule has 0 aromatic heterocycles. The Bertz CT molecular complexity index is 204. The van der Waals surface area contributed by atoms with Crippen molar-refractivity contribution in [2.24, 2.45) is 17.3 Å². The second-order valence-electron chi connectivity index (χ2n) is 5.40. The average molecular weight is 211 g/mol. The first-order valence-corrected chi connectivity index (χ1v) is 7.35. The van der Waals surface area contributed by atoms with Crippen LogP contribution in [0.4, 0.5) is 0 Å². The highest BCUT2D eigenvalue weighted by Crippen LogP contribution is 2.61. The van der Waals surface area contributed by atoms with Gasteiger partial charge in [0, 0.05) is 6.54 Å². The molecule has 1 N–H and O–H groups in total. The maximum absolute atomic E-state index is 3.60. The summed E-state index contributed by atoms with van der Waals surface area (Å²) in [4.78, 5) is 0. The zero-order chi connectivity index (χ0) is 9.43. The lowest BCUT2D eigenvalue weighted by Crippen LogP contribution is -2.33. The fourth-order valence-electron chi connectivity index (χ4n) is 3.65. The molecule has 3 aliphatic rings. The van der Waals surface area contributed by atoms with Crippen LogP contribution in [0.2, 0.25) is 0 Å². The first-order chi connectivity index (χ1) is 6.91. The van der Waals surface area contributed by atoms with E-state index in [2.05, 4.69) is 17.1 Å². The summed E-state index contributed by atoms with van der Waals surface area (Å²) in [5, 5.41) is 3.60. The highest BCUT2D eigenvalue weighted by Gasteiger charge is 2.56. The highest BCUT2D eigenvalue weighted by atomic mass is 32.2. The van der Waals surface area contributed by atoms with E-state index in [1.165, 1.54) is 50.3 Å². The Kier molecular flexibility index (Phi) is 2.53. The molecule has 0 bridgehead atoms. The lowest BCUT2D eigenvalue weighted by Gasteiger charge is -2.28. The average Bonchev–Trinajstić information content (AvgIpc) is 2.95. The first kappa shape index (κ1) is 9.53. The van der Waals surface area contributed by atoms with Crippen LogP contribution in [-0.2, 0) is 0 Å². The molecule has 14 heavy (non-hydrogen) atoms. The summed E-state index contributed by atoms with van der Waals surface area (Å²) in [5.41, 5.74) is 0.783. The molecular formula is C12H21NS. The van der Waals surface area contributed by atoms with Crippen LogP contribution in [-0.4, -0.2) is 24.6 Å². The Labute approximate surface area is 91.4 Å². The minimum Gasteiger partial charge on any atom is -0.316 e. The zero-order valence-electron chi connectivity index (χ0n) is 8.93. The van der Waals surface area contributed by atoms with Gasteiger partial charge in [0.25, 0.3) is 0 Å². The Morgan fingerprint density at radius 1 is 1.21 bits per heavy atom. The Balaban J connectivity index is 1.59. The van der Waals surface area contributed by atoms with E-state index in [-0.39, 0.29) is 0 Å². The van der Waals surface area contributed by atoms with E-state index in [0.29, 0.717) is 0 Å². The van der Waals surface area contributed by atoms with Crippen molar-refractivity contribution in [3.05, 3.63) is 0 Å². The summed E-state index contributed by atoms with van der Waals surface area (Å²) in [5.74, 6) is 5.07. The molecule has 1 spiro atoms. The molecule has 2 heteroatoms. The standard InChI is InChI=1S/C12H21NS/c1-4-12(9-13-5-1)8-11(12)10-2-6-14-7-3-10/h10-11,13H,1-9H2. The summed E-state index contributed by atoms with van der Waals surface area (Å²) < 4.78 is 0. The molecule has 2 heterocycles. The SMILES string of the molecule is C1CNCC2(C1)CC2C1CCSCC1. The maximum atomic E-state index is 3.60. The lowest BCUT2D eigenvalue weighted by molar-refractivity contribution is 0.277. The Morgan fingerprint density at radius 2 is 2.07 bits per heavy atom. The number of nitrogens with one attached hydrogen (secondary N) is 1. The van der Waals surface area contributed by atoms with Crippen molar-refractivity contribution >= 4 is 11.8 Å². The fraction of sp³-hybridized carbons (Fsp3) is 1.00. The second-order valence-corrected chi connectivity index (χ2v) is 6.63. The second kappa shape index (κ2) is 3.71. The molecule has 80 valence electrons. The maximum Gasteiger partial charge on any atom is 0.00107 e. The van der Waals surface area contributed by atoms with Gasteiger partial charge in [0.1, 0.15) is 0 Å². The molecule has 1 aliphatic carbocycles. The summed E-state index contributed by atoms with van der Waals surface area (Å²) in [6.07, 6.45) is 7.52. The Morgan fingerprint density at radius 3 is 2.79 bits per heavy atom. The van der Waals surface area contributed by atoms with E-state index < -0.39 is 0 Å². The van der Waals surface area contributed by atoms with Crippen LogP contribution < -0.4 is 5.32 Å². The molecule has 3 fully saturated rings. The van der Waals surface area contributed by atoms with Gasteiger partial charge in [0.05, 0.1) is 0 Å². The molecule has 0 aromatic rings. The molecule has 0 radical (unpaired) electrons. The molecule has 2 atom stereocenters. The van der Waals surface area contributed by atoms with Gasteiger partial charge in [-0.15, -0.1) is 0 Å². The monoisotopic (exact) mass is 211 g/mol. The van der Waals surface area contributed by atoms with Crippen LogP contribution in [0.15, 0.2) is 0 Å². The van der Waals surface area contributed by atoms with Crippen LogP contribution in [0.1, 0.15) is 32.1 Å². The normalized spacial score (nSPS) is 44.1. The van der Waals surface area contributed by atoms with Gasteiger partial charge in [-0.05, 0) is 67.4 Å². The molecular weight excluding hydrogens is 190 g/mol. The van der Waals surface area contributed by atoms with Gasteiger partial charge >= 0.3 is 0 Å². The predicted octanol–water partition coefficient (Wildman–Crippen LogP) is 2.52. The number of piperidine rings is 1. The third-order valence-electron chi connectivity index (χ3n) is 4.59. The van der Waals surface area contributed by atoms with E-state index in [4.69, 9.17) is 0 Å². The topological polar surface area (TPSA) is 12.0 Å². The van der Waals surface area contributed by atoms with Crippen molar-refractivity contribution in [1.82, 2.24) is 5.32 Å². The number of hydrogen-bond donors (Lipinski definition) is 1. The van der Waals surface area contributed by atoms with Crippen LogP contribution in [0.5, 0.6) is 0 Å². The molecule has 0 aromatic carbocycles. The smallest absolute Gasteiger partial charge is 0.00107 e. The van der Waals surface area contributed by atoms with Gasteiger partial charge in [-0.2, -0.15) is 11.8 Å². The predicted molar refractivity (Wildman–Crippen MR) is 62.7 cm³/mol. The third-order valence-corrected chi connectivity index (χ3v) is 5.64.